The molecular formula is C20H18ClNO2. The van der Waals surface area contributed by atoms with E-state index in [0.717, 1.165) is 22.3 Å². The Morgan fingerprint density at radius 1 is 1.00 bits per heavy atom. The van der Waals surface area contributed by atoms with Crippen LogP contribution in [0, 0.1) is 0 Å². The first-order valence-electron chi connectivity index (χ1n) is 7.83. The lowest BCUT2D eigenvalue weighted by atomic mass is 10.1. The normalized spacial score (nSPS) is 10.5. The maximum atomic E-state index is 12.0. The third-order valence-electron chi connectivity index (χ3n) is 3.83. The molecule has 1 amide bonds. The molecule has 0 radical (unpaired) electrons. The van der Waals surface area contributed by atoms with E-state index in [-0.39, 0.29) is 5.91 Å². The van der Waals surface area contributed by atoms with Crippen molar-refractivity contribution in [2.75, 3.05) is 0 Å². The van der Waals surface area contributed by atoms with Gasteiger partial charge in [0.25, 0.3) is 0 Å². The summed E-state index contributed by atoms with van der Waals surface area (Å²) in [4.78, 5) is 12.0. The largest absolute Gasteiger partial charge is 0.472 e. The lowest BCUT2D eigenvalue weighted by molar-refractivity contribution is -0.121. The number of aryl methyl sites for hydroxylation is 1. The van der Waals surface area contributed by atoms with Crippen LogP contribution in [0.15, 0.2) is 71.5 Å². The molecule has 1 heterocycles. The van der Waals surface area contributed by atoms with E-state index < -0.39 is 0 Å². The van der Waals surface area contributed by atoms with Crippen LogP contribution in [-0.2, 0) is 17.8 Å². The Morgan fingerprint density at radius 2 is 1.83 bits per heavy atom. The van der Waals surface area contributed by atoms with Crippen molar-refractivity contribution < 1.29 is 9.21 Å². The molecule has 3 nitrogen and oxygen atoms in total. The first-order chi connectivity index (χ1) is 11.7. The van der Waals surface area contributed by atoms with Crippen LogP contribution in [0.1, 0.15) is 17.5 Å². The van der Waals surface area contributed by atoms with Gasteiger partial charge in [-0.15, -0.1) is 0 Å². The van der Waals surface area contributed by atoms with E-state index >= 15 is 0 Å². The fraction of sp³-hybridized carbons (Fsp3) is 0.150. The van der Waals surface area contributed by atoms with E-state index in [1.165, 1.54) is 0 Å². The van der Waals surface area contributed by atoms with E-state index in [1.807, 2.05) is 54.6 Å². The fourth-order valence-corrected chi connectivity index (χ4v) is 2.70. The second-order valence-corrected chi connectivity index (χ2v) is 6.05. The molecule has 3 aromatic rings. The number of carbonyl (C=O) groups excluding carboxylic acids is 1. The van der Waals surface area contributed by atoms with Crippen LogP contribution < -0.4 is 5.32 Å². The molecule has 0 spiro atoms. The SMILES string of the molecule is O=C(CCc1cccc(Cl)c1)NCc1ccc(-c2ccoc2)cc1. The Balaban J connectivity index is 1.47. The molecule has 122 valence electrons. The average molecular weight is 340 g/mol. The van der Waals surface area contributed by atoms with Gasteiger partial charge in [0.1, 0.15) is 0 Å². The van der Waals surface area contributed by atoms with Gasteiger partial charge in [-0.1, -0.05) is 48.0 Å². The first-order valence-corrected chi connectivity index (χ1v) is 8.21. The highest BCUT2D eigenvalue weighted by Crippen LogP contribution is 2.20. The molecule has 0 aliphatic rings. The Hall–Kier alpha value is -2.52. The van der Waals surface area contributed by atoms with Crippen LogP contribution in [0.2, 0.25) is 5.02 Å². The van der Waals surface area contributed by atoms with E-state index in [4.69, 9.17) is 16.0 Å². The Labute approximate surface area is 146 Å². The summed E-state index contributed by atoms with van der Waals surface area (Å²) in [5, 5.41) is 3.65. The van der Waals surface area contributed by atoms with Gasteiger partial charge in [-0.2, -0.15) is 0 Å². The summed E-state index contributed by atoms with van der Waals surface area (Å²) in [6.45, 7) is 0.528. The Kier molecular flexibility index (Phi) is 5.34. The van der Waals surface area contributed by atoms with Crippen LogP contribution in [0.25, 0.3) is 11.1 Å². The van der Waals surface area contributed by atoms with Crippen molar-refractivity contribution in [1.82, 2.24) is 5.32 Å². The smallest absolute Gasteiger partial charge is 0.220 e. The summed E-state index contributed by atoms with van der Waals surface area (Å²) in [6.07, 6.45) is 4.51. The number of benzene rings is 2. The highest BCUT2D eigenvalue weighted by atomic mass is 35.5. The van der Waals surface area contributed by atoms with Crippen molar-refractivity contribution in [2.24, 2.45) is 0 Å². The van der Waals surface area contributed by atoms with Crippen LogP contribution in [0.3, 0.4) is 0 Å². The number of rotatable bonds is 6. The Bertz CT molecular complexity index is 795. The predicted octanol–water partition coefficient (Wildman–Crippen LogP) is 4.85. The topological polar surface area (TPSA) is 42.2 Å². The van der Waals surface area contributed by atoms with Crippen molar-refractivity contribution >= 4 is 17.5 Å². The monoisotopic (exact) mass is 339 g/mol. The van der Waals surface area contributed by atoms with Crippen molar-refractivity contribution in [1.29, 1.82) is 0 Å². The zero-order valence-corrected chi connectivity index (χ0v) is 13.9. The summed E-state index contributed by atoms with van der Waals surface area (Å²) in [7, 11) is 0. The van der Waals surface area contributed by atoms with Gasteiger partial charge >= 0.3 is 0 Å². The van der Waals surface area contributed by atoms with Gasteiger partial charge in [-0.25, -0.2) is 0 Å². The molecule has 2 aromatic carbocycles. The Morgan fingerprint density at radius 3 is 2.54 bits per heavy atom. The molecule has 0 saturated carbocycles. The number of hydrogen-bond acceptors (Lipinski definition) is 2. The zero-order chi connectivity index (χ0) is 16.8. The molecule has 4 heteroatoms. The van der Waals surface area contributed by atoms with E-state index in [0.29, 0.717) is 24.4 Å². The van der Waals surface area contributed by atoms with Crippen molar-refractivity contribution in [2.45, 2.75) is 19.4 Å². The number of nitrogens with one attached hydrogen (secondary N) is 1. The molecule has 0 saturated heterocycles. The van der Waals surface area contributed by atoms with Gasteiger partial charge in [-0.3, -0.25) is 4.79 Å². The molecule has 1 N–H and O–H groups in total. The minimum atomic E-state index is 0.0360. The number of hydrogen-bond donors (Lipinski definition) is 1. The molecule has 0 fully saturated rings. The molecule has 1 aromatic heterocycles. The van der Waals surface area contributed by atoms with Crippen LogP contribution >= 0.6 is 11.6 Å². The molecule has 3 rings (SSSR count). The lowest BCUT2D eigenvalue weighted by Gasteiger charge is -2.07. The van der Waals surface area contributed by atoms with Gasteiger partial charge < -0.3 is 9.73 Å². The molecule has 0 unspecified atom stereocenters. The van der Waals surface area contributed by atoms with Crippen molar-refractivity contribution in [3.8, 4) is 11.1 Å². The third kappa shape index (κ3) is 4.49. The molecule has 0 aliphatic heterocycles. The number of halogens is 1. The fourth-order valence-electron chi connectivity index (χ4n) is 2.48. The quantitative estimate of drug-likeness (QED) is 0.697. The standard InChI is InChI=1S/C20H18ClNO2/c21-19-3-1-2-15(12-19)6-9-20(23)22-13-16-4-7-17(8-5-16)18-10-11-24-14-18/h1-5,7-8,10-12,14H,6,9,13H2,(H,22,23). The summed E-state index contributed by atoms with van der Waals surface area (Å²) < 4.78 is 5.08. The number of amides is 1. The van der Waals surface area contributed by atoms with Crippen molar-refractivity contribution in [3.05, 3.63) is 83.3 Å². The summed E-state index contributed by atoms with van der Waals surface area (Å²) in [6, 6.07) is 17.6. The van der Waals surface area contributed by atoms with E-state index in [2.05, 4.69) is 5.32 Å². The number of furan rings is 1. The predicted molar refractivity (Wildman–Crippen MR) is 95.8 cm³/mol. The van der Waals surface area contributed by atoms with Crippen molar-refractivity contribution in [3.63, 3.8) is 0 Å². The molecular weight excluding hydrogens is 322 g/mol. The van der Waals surface area contributed by atoms with Gasteiger partial charge in [-0.05, 0) is 41.3 Å². The average Bonchev–Trinajstić information content (AvgIpc) is 3.13. The third-order valence-corrected chi connectivity index (χ3v) is 4.06. The molecule has 24 heavy (non-hydrogen) atoms. The van der Waals surface area contributed by atoms with Gasteiger partial charge in [0, 0.05) is 23.6 Å². The van der Waals surface area contributed by atoms with Gasteiger partial charge in [0.2, 0.25) is 5.91 Å². The van der Waals surface area contributed by atoms with Gasteiger partial charge in [0.15, 0.2) is 0 Å². The lowest BCUT2D eigenvalue weighted by Crippen LogP contribution is -2.22. The maximum absolute atomic E-state index is 12.0. The molecule has 0 atom stereocenters. The zero-order valence-electron chi connectivity index (χ0n) is 13.2. The van der Waals surface area contributed by atoms with E-state index in [9.17, 15) is 4.79 Å². The van der Waals surface area contributed by atoms with Crippen LogP contribution in [-0.4, -0.2) is 5.91 Å². The second kappa shape index (κ2) is 7.84. The molecule has 0 bridgehead atoms. The van der Waals surface area contributed by atoms with Crippen LogP contribution in [0.4, 0.5) is 0 Å². The summed E-state index contributed by atoms with van der Waals surface area (Å²) in [5.41, 5.74) is 4.28. The van der Waals surface area contributed by atoms with E-state index in [1.54, 1.807) is 12.5 Å². The van der Waals surface area contributed by atoms with Crippen LogP contribution in [0.5, 0.6) is 0 Å². The highest BCUT2D eigenvalue weighted by molar-refractivity contribution is 6.30. The van der Waals surface area contributed by atoms with Gasteiger partial charge in [0.05, 0.1) is 12.5 Å². The maximum Gasteiger partial charge on any atom is 0.220 e. The molecule has 0 aliphatic carbocycles. The number of carbonyl (C=O) groups is 1. The summed E-state index contributed by atoms with van der Waals surface area (Å²) in [5.74, 6) is 0.0360. The minimum absolute atomic E-state index is 0.0360. The summed E-state index contributed by atoms with van der Waals surface area (Å²) >= 11 is 5.94. The second-order valence-electron chi connectivity index (χ2n) is 5.62. The first kappa shape index (κ1) is 16.3. The minimum Gasteiger partial charge on any atom is -0.472 e. The highest BCUT2D eigenvalue weighted by Gasteiger charge is 2.04.